The second-order valence-corrected chi connectivity index (χ2v) is 13.9. The molecule has 244 valence electrons. The number of pyridine rings is 1. The van der Waals surface area contributed by atoms with Gasteiger partial charge in [0.05, 0.1) is 53.1 Å². The van der Waals surface area contributed by atoms with Crippen LogP contribution in [0.3, 0.4) is 0 Å². The van der Waals surface area contributed by atoms with Gasteiger partial charge in [-0.15, -0.1) is 0 Å². The number of esters is 1. The van der Waals surface area contributed by atoms with Gasteiger partial charge in [0.25, 0.3) is 0 Å². The number of nitrogens with zero attached hydrogens (tertiary/aromatic N) is 5. The van der Waals surface area contributed by atoms with Gasteiger partial charge >= 0.3 is 5.97 Å². The van der Waals surface area contributed by atoms with Gasteiger partial charge in [0.2, 0.25) is 5.88 Å². The van der Waals surface area contributed by atoms with E-state index in [-0.39, 0.29) is 29.7 Å². The molecule has 10 heteroatoms. The Morgan fingerprint density at radius 3 is 2.64 bits per heavy atom. The van der Waals surface area contributed by atoms with Crippen molar-refractivity contribution < 1.29 is 23.4 Å². The molecule has 9 nitrogen and oxygen atoms in total. The zero-order chi connectivity index (χ0) is 33.3. The summed E-state index contributed by atoms with van der Waals surface area (Å²) in [5.74, 6) is 0.498. The average Bonchev–Trinajstić information content (AvgIpc) is 3.32. The molecule has 0 N–H and O–H groups in total. The molecule has 0 aliphatic carbocycles. The van der Waals surface area contributed by atoms with E-state index in [0.29, 0.717) is 36.6 Å². The maximum atomic E-state index is 14.4. The van der Waals surface area contributed by atoms with Crippen LogP contribution in [-0.2, 0) is 29.2 Å². The van der Waals surface area contributed by atoms with E-state index in [1.54, 1.807) is 24.3 Å². The molecule has 0 bridgehead atoms. The minimum atomic E-state index is -0.583. The van der Waals surface area contributed by atoms with Crippen molar-refractivity contribution in [3.05, 3.63) is 94.7 Å². The van der Waals surface area contributed by atoms with E-state index in [1.807, 2.05) is 51.1 Å². The first kappa shape index (κ1) is 32.4. The van der Waals surface area contributed by atoms with Gasteiger partial charge in [-0.05, 0) is 69.2 Å². The number of benzene rings is 2. The van der Waals surface area contributed by atoms with Crippen LogP contribution in [0.2, 0.25) is 0 Å². The topological polar surface area (TPSA) is 102 Å². The number of hydrogen-bond acceptors (Lipinski definition) is 8. The summed E-state index contributed by atoms with van der Waals surface area (Å²) in [4.78, 5) is 25.0. The van der Waals surface area contributed by atoms with Crippen molar-refractivity contribution in [2.75, 3.05) is 19.7 Å². The number of imidazole rings is 1. The number of fused-ring (bicyclic) bond motifs is 1. The van der Waals surface area contributed by atoms with Gasteiger partial charge in [-0.2, -0.15) is 5.26 Å². The fourth-order valence-electron chi connectivity index (χ4n) is 6.10. The molecule has 0 unspecified atom stereocenters. The average molecular weight is 638 g/mol. The minimum absolute atomic E-state index is 0.0103. The largest absolute Gasteiger partial charge is 0.473 e. The van der Waals surface area contributed by atoms with Gasteiger partial charge in [0, 0.05) is 36.7 Å². The lowest BCUT2D eigenvalue weighted by Gasteiger charge is -2.38. The van der Waals surface area contributed by atoms with Crippen LogP contribution in [0, 0.1) is 22.6 Å². The SMILES string of the molecule is CC(C)(C)OC(=O)c1ccc2nc(CN3CC=C(c4cccc(OCc5ccc(C#N)cc5F)n4)C(C)(C)C3)n(C[C@@H]3CCO3)c2c1. The van der Waals surface area contributed by atoms with Gasteiger partial charge < -0.3 is 18.8 Å². The highest BCUT2D eigenvalue weighted by Gasteiger charge is 2.33. The molecule has 4 aromatic rings. The predicted octanol–water partition coefficient (Wildman–Crippen LogP) is 6.69. The van der Waals surface area contributed by atoms with Crippen LogP contribution >= 0.6 is 0 Å². The van der Waals surface area contributed by atoms with Crippen LogP contribution in [0.5, 0.6) is 5.88 Å². The summed E-state index contributed by atoms with van der Waals surface area (Å²) in [7, 11) is 0. The Labute approximate surface area is 274 Å². The Morgan fingerprint density at radius 2 is 1.96 bits per heavy atom. The van der Waals surface area contributed by atoms with Gasteiger partial charge in [-0.25, -0.2) is 19.2 Å². The molecule has 2 aromatic carbocycles. The summed E-state index contributed by atoms with van der Waals surface area (Å²) in [6, 6.07) is 17.5. The highest BCUT2D eigenvalue weighted by molar-refractivity contribution is 5.94. The number of carbonyl (C=O) groups is 1. The van der Waals surface area contributed by atoms with Crippen LogP contribution in [-0.4, -0.2) is 56.8 Å². The molecule has 2 aromatic heterocycles. The number of nitriles is 1. The molecule has 2 aliphatic rings. The molecule has 4 heterocycles. The molecule has 0 spiro atoms. The van der Waals surface area contributed by atoms with Crippen molar-refractivity contribution >= 4 is 22.6 Å². The van der Waals surface area contributed by atoms with E-state index in [9.17, 15) is 9.18 Å². The number of ether oxygens (including phenoxy) is 3. The number of halogens is 1. The molecule has 0 saturated carbocycles. The minimum Gasteiger partial charge on any atom is -0.473 e. The van der Waals surface area contributed by atoms with E-state index < -0.39 is 11.4 Å². The Kier molecular flexibility index (Phi) is 8.88. The maximum absolute atomic E-state index is 14.4. The maximum Gasteiger partial charge on any atom is 0.338 e. The second-order valence-electron chi connectivity index (χ2n) is 13.9. The molecule has 6 rings (SSSR count). The van der Waals surface area contributed by atoms with Crippen LogP contribution in [0.15, 0.2) is 60.7 Å². The Morgan fingerprint density at radius 1 is 1.15 bits per heavy atom. The first-order valence-corrected chi connectivity index (χ1v) is 15.9. The first-order valence-electron chi connectivity index (χ1n) is 15.9. The fourth-order valence-corrected chi connectivity index (χ4v) is 6.10. The Balaban J connectivity index is 1.20. The Hall–Kier alpha value is -4.59. The fraction of sp³-hybridized carbons (Fsp3) is 0.405. The molecular weight excluding hydrogens is 597 g/mol. The molecule has 1 fully saturated rings. The van der Waals surface area contributed by atoms with Gasteiger partial charge in [0.15, 0.2) is 0 Å². The van der Waals surface area contributed by atoms with Crippen LogP contribution < -0.4 is 4.74 Å². The van der Waals surface area contributed by atoms with E-state index in [1.165, 1.54) is 6.07 Å². The van der Waals surface area contributed by atoms with Crippen LogP contribution in [0.25, 0.3) is 16.6 Å². The van der Waals surface area contributed by atoms with Crippen LogP contribution in [0.4, 0.5) is 4.39 Å². The van der Waals surface area contributed by atoms with E-state index in [0.717, 1.165) is 47.7 Å². The van der Waals surface area contributed by atoms with Crippen molar-refractivity contribution in [3.63, 3.8) is 0 Å². The van der Waals surface area contributed by atoms with Crippen molar-refractivity contribution in [1.29, 1.82) is 5.26 Å². The normalized spacial score (nSPS) is 17.9. The quantitative estimate of drug-likeness (QED) is 0.187. The number of aromatic nitrogens is 3. The van der Waals surface area contributed by atoms with Gasteiger partial charge in [-0.3, -0.25) is 4.90 Å². The summed E-state index contributed by atoms with van der Waals surface area (Å²) < 4.78 is 33.9. The molecule has 1 atom stereocenters. The van der Waals surface area contributed by atoms with E-state index >= 15 is 0 Å². The molecular formula is C37H40FN5O4. The van der Waals surface area contributed by atoms with Crippen molar-refractivity contribution in [2.24, 2.45) is 5.41 Å². The van der Waals surface area contributed by atoms with Gasteiger partial charge in [0.1, 0.15) is 23.8 Å². The van der Waals surface area contributed by atoms with Crippen molar-refractivity contribution in [2.45, 2.75) is 72.4 Å². The Bertz CT molecular complexity index is 1880. The highest BCUT2D eigenvalue weighted by atomic mass is 19.1. The first-order chi connectivity index (χ1) is 22.4. The lowest BCUT2D eigenvalue weighted by atomic mass is 9.79. The van der Waals surface area contributed by atoms with E-state index in [2.05, 4.69) is 29.4 Å². The summed E-state index contributed by atoms with van der Waals surface area (Å²) in [5, 5.41) is 9.00. The monoisotopic (exact) mass is 637 g/mol. The number of carbonyl (C=O) groups excluding carboxylic acids is 1. The third-order valence-corrected chi connectivity index (χ3v) is 8.47. The molecule has 2 aliphatic heterocycles. The summed E-state index contributed by atoms with van der Waals surface area (Å²) in [5.41, 5.74) is 3.97. The van der Waals surface area contributed by atoms with Crippen LogP contribution in [0.1, 0.15) is 74.0 Å². The third kappa shape index (κ3) is 7.37. The summed E-state index contributed by atoms with van der Waals surface area (Å²) in [6.07, 6.45) is 3.32. The zero-order valence-electron chi connectivity index (χ0n) is 27.5. The second kappa shape index (κ2) is 12.9. The smallest absolute Gasteiger partial charge is 0.338 e. The highest BCUT2D eigenvalue weighted by Crippen LogP contribution is 2.38. The number of rotatable bonds is 9. The standard InChI is InChI=1S/C37H40FN5O4/c1-36(2,3)47-35(44)25-11-12-31-32(18-25)43(20-27-14-16-45-27)33(40-31)21-42-15-13-28(37(4,5)23-42)30-7-6-8-34(41-30)46-22-26-10-9-24(19-39)17-29(26)38/h6-13,17-18,27H,14-16,20-23H2,1-5H3/t27-/m0/s1. The molecule has 1 saturated heterocycles. The van der Waals surface area contributed by atoms with Crippen molar-refractivity contribution in [1.82, 2.24) is 19.4 Å². The molecule has 47 heavy (non-hydrogen) atoms. The molecule has 0 amide bonds. The third-order valence-electron chi connectivity index (χ3n) is 8.47. The van der Waals surface area contributed by atoms with Gasteiger partial charge in [-0.1, -0.05) is 32.1 Å². The zero-order valence-corrected chi connectivity index (χ0v) is 27.5. The van der Waals surface area contributed by atoms with E-state index in [4.69, 9.17) is 29.4 Å². The lowest BCUT2D eigenvalue weighted by molar-refractivity contribution is -0.0592. The predicted molar refractivity (Wildman–Crippen MR) is 176 cm³/mol. The number of hydrogen-bond donors (Lipinski definition) is 0. The summed E-state index contributed by atoms with van der Waals surface area (Å²) >= 11 is 0. The summed E-state index contributed by atoms with van der Waals surface area (Å²) in [6.45, 7) is 13.5. The lowest BCUT2D eigenvalue weighted by Crippen LogP contribution is -2.40. The van der Waals surface area contributed by atoms with Crippen molar-refractivity contribution in [3.8, 4) is 11.9 Å². The molecule has 0 radical (unpaired) electrons.